The molecule has 116 valence electrons. The molecule has 0 saturated heterocycles. The first-order valence-electron chi connectivity index (χ1n) is 6.72. The number of carboxylic acid groups (broad SMARTS) is 1. The van der Waals surface area contributed by atoms with Gasteiger partial charge in [0.2, 0.25) is 0 Å². The Morgan fingerprint density at radius 3 is 2.57 bits per heavy atom. The summed E-state index contributed by atoms with van der Waals surface area (Å²) in [5, 5.41) is 14.3. The average molecular weight is 294 g/mol. The number of carbonyl (C=O) groups excluding carboxylic acids is 1. The average Bonchev–Trinajstić information content (AvgIpc) is 2.36. The lowest BCUT2D eigenvalue weighted by molar-refractivity contribution is -0.136. The Balaban J connectivity index is 2.69. The molecular weight excluding hydrogens is 272 g/mol. The van der Waals surface area contributed by atoms with Crippen LogP contribution in [0.25, 0.3) is 0 Å². The number of urea groups is 1. The smallest absolute Gasteiger partial charge is 0.319 e. The van der Waals surface area contributed by atoms with Crippen molar-refractivity contribution in [3.05, 3.63) is 29.8 Å². The summed E-state index contributed by atoms with van der Waals surface area (Å²) in [5.41, 5.74) is 0.915. The zero-order valence-electron chi connectivity index (χ0n) is 12.6. The molecule has 21 heavy (non-hydrogen) atoms. The molecule has 0 aromatic heterocycles. The van der Waals surface area contributed by atoms with E-state index >= 15 is 0 Å². The number of anilines is 1. The molecule has 0 unspecified atom stereocenters. The van der Waals surface area contributed by atoms with Gasteiger partial charge in [0.05, 0.1) is 12.1 Å². The largest absolute Gasteiger partial charge is 0.481 e. The van der Waals surface area contributed by atoms with E-state index in [0.717, 1.165) is 5.56 Å². The van der Waals surface area contributed by atoms with Gasteiger partial charge >= 0.3 is 12.0 Å². The predicted octanol–water partition coefficient (Wildman–Crippen LogP) is 2.25. The van der Waals surface area contributed by atoms with Crippen LogP contribution in [-0.2, 0) is 16.0 Å². The molecule has 0 spiro atoms. The number of aryl methyl sites for hydroxylation is 1. The highest BCUT2D eigenvalue weighted by Gasteiger charge is 2.20. The Kier molecular flexibility index (Phi) is 6.17. The van der Waals surface area contributed by atoms with Crippen molar-refractivity contribution in [2.45, 2.75) is 32.2 Å². The van der Waals surface area contributed by atoms with Gasteiger partial charge < -0.3 is 20.5 Å². The van der Waals surface area contributed by atoms with E-state index in [-0.39, 0.29) is 12.5 Å². The number of aliphatic carboxylic acids is 1. The van der Waals surface area contributed by atoms with Crippen LogP contribution in [0.2, 0.25) is 0 Å². The van der Waals surface area contributed by atoms with Crippen LogP contribution in [0.5, 0.6) is 0 Å². The van der Waals surface area contributed by atoms with Gasteiger partial charge in [-0.25, -0.2) is 4.79 Å². The number of rotatable bonds is 7. The molecule has 0 aliphatic heterocycles. The minimum absolute atomic E-state index is 0.0233. The highest BCUT2D eigenvalue weighted by molar-refractivity contribution is 5.90. The normalized spacial score (nSPS) is 11.0. The predicted molar refractivity (Wildman–Crippen MR) is 80.5 cm³/mol. The van der Waals surface area contributed by atoms with Crippen LogP contribution in [0, 0.1) is 0 Å². The molecule has 0 saturated carbocycles. The van der Waals surface area contributed by atoms with Gasteiger partial charge in [0, 0.05) is 19.2 Å². The number of carboxylic acids is 1. The van der Waals surface area contributed by atoms with Crippen LogP contribution in [0.3, 0.4) is 0 Å². The summed E-state index contributed by atoms with van der Waals surface area (Å²) in [5.74, 6) is -0.865. The second kappa shape index (κ2) is 7.64. The molecule has 1 rings (SSSR count). The lowest BCUT2D eigenvalue weighted by Gasteiger charge is -2.25. The first-order chi connectivity index (χ1) is 9.84. The molecule has 0 radical (unpaired) electrons. The summed E-state index contributed by atoms with van der Waals surface area (Å²) in [7, 11) is 1.57. The maximum absolute atomic E-state index is 12.0. The molecule has 1 aromatic carbocycles. The van der Waals surface area contributed by atoms with Crippen LogP contribution >= 0.6 is 0 Å². The first kappa shape index (κ1) is 17.0. The van der Waals surface area contributed by atoms with Gasteiger partial charge in [-0.15, -0.1) is 0 Å². The summed E-state index contributed by atoms with van der Waals surface area (Å²) in [6.07, 6.45) is 0.392. The maximum atomic E-state index is 12.0. The Morgan fingerprint density at radius 2 is 1.95 bits per heavy atom. The third-order valence-electron chi connectivity index (χ3n) is 2.83. The monoisotopic (exact) mass is 294 g/mol. The standard InChI is InChI=1S/C15H22N2O4/c1-15(2,10-21-3)17-14(20)16-12-7-5-4-6-11(12)8-9-13(18)19/h4-7H,8-10H2,1-3H3,(H,18,19)(H2,16,17,20). The van der Waals surface area contributed by atoms with Gasteiger partial charge in [-0.05, 0) is 31.9 Å². The third-order valence-corrected chi connectivity index (χ3v) is 2.83. The zero-order valence-corrected chi connectivity index (χ0v) is 12.6. The molecule has 2 amide bonds. The topological polar surface area (TPSA) is 87.7 Å². The summed E-state index contributed by atoms with van der Waals surface area (Å²) in [4.78, 5) is 22.7. The van der Waals surface area contributed by atoms with Crippen LogP contribution in [0.1, 0.15) is 25.8 Å². The fourth-order valence-corrected chi connectivity index (χ4v) is 1.96. The number of para-hydroxylation sites is 1. The summed E-state index contributed by atoms with van der Waals surface area (Å²) >= 11 is 0. The van der Waals surface area contributed by atoms with Gasteiger partial charge in [0.1, 0.15) is 0 Å². The van der Waals surface area contributed by atoms with Crippen molar-refractivity contribution in [3.63, 3.8) is 0 Å². The van der Waals surface area contributed by atoms with Crippen molar-refractivity contribution in [2.75, 3.05) is 19.0 Å². The van der Waals surface area contributed by atoms with Crippen LogP contribution in [0.15, 0.2) is 24.3 Å². The van der Waals surface area contributed by atoms with Crippen molar-refractivity contribution in [1.82, 2.24) is 5.32 Å². The number of benzene rings is 1. The van der Waals surface area contributed by atoms with Crippen LogP contribution in [-0.4, -0.2) is 36.4 Å². The van der Waals surface area contributed by atoms with Crippen molar-refractivity contribution < 1.29 is 19.4 Å². The van der Waals surface area contributed by atoms with Gasteiger partial charge in [0.25, 0.3) is 0 Å². The summed E-state index contributed by atoms with van der Waals surface area (Å²) in [6, 6.07) is 6.81. The van der Waals surface area contributed by atoms with Gasteiger partial charge in [-0.2, -0.15) is 0 Å². The molecule has 6 heteroatoms. The SMILES string of the molecule is COCC(C)(C)NC(=O)Nc1ccccc1CCC(=O)O. The van der Waals surface area contributed by atoms with Crippen molar-refractivity contribution in [2.24, 2.45) is 0 Å². The molecule has 0 fully saturated rings. The van der Waals surface area contributed by atoms with E-state index in [0.29, 0.717) is 18.7 Å². The Morgan fingerprint density at radius 1 is 1.29 bits per heavy atom. The van der Waals surface area contributed by atoms with Crippen molar-refractivity contribution in [3.8, 4) is 0 Å². The molecule has 0 heterocycles. The Bertz CT molecular complexity index is 500. The number of nitrogens with one attached hydrogen (secondary N) is 2. The number of ether oxygens (including phenoxy) is 1. The summed E-state index contributed by atoms with van der Waals surface area (Å²) < 4.78 is 5.04. The number of hydrogen-bond donors (Lipinski definition) is 3. The van der Waals surface area contributed by atoms with E-state index in [4.69, 9.17) is 9.84 Å². The number of methoxy groups -OCH3 is 1. The lowest BCUT2D eigenvalue weighted by atomic mass is 10.1. The minimum Gasteiger partial charge on any atom is -0.481 e. The second-order valence-corrected chi connectivity index (χ2v) is 5.45. The molecule has 0 atom stereocenters. The van der Waals surface area contributed by atoms with Crippen molar-refractivity contribution in [1.29, 1.82) is 0 Å². The summed E-state index contributed by atoms with van der Waals surface area (Å²) in [6.45, 7) is 4.10. The van der Waals surface area contributed by atoms with Gasteiger partial charge in [-0.1, -0.05) is 18.2 Å². The molecule has 3 N–H and O–H groups in total. The van der Waals surface area contributed by atoms with E-state index in [1.54, 1.807) is 25.3 Å². The second-order valence-electron chi connectivity index (χ2n) is 5.45. The molecule has 0 bridgehead atoms. The van der Waals surface area contributed by atoms with Crippen LogP contribution in [0.4, 0.5) is 10.5 Å². The van der Waals surface area contributed by atoms with E-state index in [9.17, 15) is 9.59 Å². The van der Waals surface area contributed by atoms with E-state index < -0.39 is 11.5 Å². The quantitative estimate of drug-likeness (QED) is 0.719. The molecular formula is C15H22N2O4. The molecule has 6 nitrogen and oxygen atoms in total. The molecule has 1 aromatic rings. The molecule has 0 aliphatic rings. The van der Waals surface area contributed by atoms with E-state index in [1.165, 1.54) is 0 Å². The fraction of sp³-hybridized carbons (Fsp3) is 0.467. The minimum atomic E-state index is -0.865. The first-order valence-corrected chi connectivity index (χ1v) is 6.72. The maximum Gasteiger partial charge on any atom is 0.319 e. The van der Waals surface area contributed by atoms with E-state index in [1.807, 2.05) is 19.9 Å². The van der Waals surface area contributed by atoms with Crippen LogP contribution < -0.4 is 10.6 Å². The van der Waals surface area contributed by atoms with Gasteiger partial charge in [0.15, 0.2) is 0 Å². The lowest BCUT2D eigenvalue weighted by Crippen LogP contribution is -2.48. The highest BCUT2D eigenvalue weighted by atomic mass is 16.5. The number of hydrogen-bond acceptors (Lipinski definition) is 3. The third kappa shape index (κ3) is 6.27. The van der Waals surface area contributed by atoms with Gasteiger partial charge in [-0.3, -0.25) is 4.79 Å². The molecule has 0 aliphatic carbocycles. The zero-order chi connectivity index (χ0) is 15.9. The Hall–Kier alpha value is -2.08. The van der Waals surface area contributed by atoms with Crippen molar-refractivity contribution >= 4 is 17.7 Å². The highest BCUT2D eigenvalue weighted by Crippen LogP contribution is 2.17. The number of amides is 2. The Labute approximate surface area is 124 Å². The fourth-order valence-electron chi connectivity index (χ4n) is 1.96. The van der Waals surface area contributed by atoms with E-state index in [2.05, 4.69) is 10.6 Å². The number of carbonyl (C=O) groups is 2.